The highest BCUT2D eigenvalue weighted by atomic mass is 19.1. The Hall–Kier alpha value is -3.68. The fourth-order valence-corrected chi connectivity index (χ4v) is 4.01. The van der Waals surface area contributed by atoms with E-state index in [2.05, 4.69) is 20.2 Å². The van der Waals surface area contributed by atoms with Gasteiger partial charge in [0.1, 0.15) is 12.1 Å². The summed E-state index contributed by atoms with van der Waals surface area (Å²) in [4.78, 5) is 20.7. The van der Waals surface area contributed by atoms with E-state index in [0.717, 1.165) is 33.9 Å². The number of hydrogen-bond donors (Lipinski definition) is 0. The molecule has 0 atom stereocenters. The van der Waals surface area contributed by atoms with Crippen molar-refractivity contribution in [2.75, 3.05) is 0 Å². The van der Waals surface area contributed by atoms with Crippen molar-refractivity contribution in [1.29, 1.82) is 0 Å². The van der Waals surface area contributed by atoms with E-state index in [-0.39, 0.29) is 11.6 Å². The van der Waals surface area contributed by atoms with Gasteiger partial charge in [-0.25, -0.2) is 19.0 Å². The zero-order valence-corrected chi connectivity index (χ0v) is 18.1. The molecule has 0 aliphatic rings. The molecule has 3 aromatic heterocycles. The summed E-state index contributed by atoms with van der Waals surface area (Å²) in [6.07, 6.45) is 2.00. The second-order valence-electron chi connectivity index (χ2n) is 7.61. The summed E-state index contributed by atoms with van der Waals surface area (Å²) in [6.45, 7) is 7.21. The maximum absolute atomic E-state index is 13.3. The van der Waals surface area contributed by atoms with Gasteiger partial charge in [0.05, 0.1) is 34.0 Å². The molecule has 0 bridgehead atoms. The third kappa shape index (κ3) is 3.76. The van der Waals surface area contributed by atoms with Crippen LogP contribution in [-0.2, 0) is 13.5 Å². The lowest BCUT2D eigenvalue weighted by molar-refractivity contribution is 0.101. The summed E-state index contributed by atoms with van der Waals surface area (Å²) in [5.41, 5.74) is 6.57. The number of benzene rings is 1. The molecule has 1 aromatic carbocycles. The number of hydrogen-bond acceptors (Lipinski definition) is 5. The molecule has 0 unspecified atom stereocenters. The van der Waals surface area contributed by atoms with Gasteiger partial charge < -0.3 is 0 Å². The summed E-state index contributed by atoms with van der Waals surface area (Å²) in [5, 5.41) is 9.15. The Morgan fingerprint density at radius 1 is 1.06 bits per heavy atom. The molecule has 0 N–H and O–H groups in total. The number of carbonyl (C=O) groups excluding carboxylic acids is 1. The normalized spacial score (nSPS) is 11.2. The largest absolute Gasteiger partial charge is 0.294 e. The first kappa shape index (κ1) is 20.6. The molecule has 4 aromatic rings. The van der Waals surface area contributed by atoms with Crippen LogP contribution in [0.4, 0.5) is 4.39 Å². The summed E-state index contributed by atoms with van der Waals surface area (Å²) in [6, 6.07) is 8.25. The minimum Gasteiger partial charge on any atom is -0.294 e. The number of ketones is 1. The van der Waals surface area contributed by atoms with Crippen LogP contribution in [0, 0.1) is 26.6 Å². The molecule has 0 spiro atoms. The number of nitrogens with zero attached hydrogens (tertiary/aromatic N) is 6. The Labute approximate surface area is 179 Å². The van der Waals surface area contributed by atoms with Crippen molar-refractivity contribution in [2.45, 2.75) is 34.1 Å². The topological polar surface area (TPSA) is 78.5 Å². The van der Waals surface area contributed by atoms with Crippen molar-refractivity contribution in [3.63, 3.8) is 0 Å². The first-order valence-corrected chi connectivity index (χ1v) is 9.93. The molecule has 8 heteroatoms. The highest BCUT2D eigenvalue weighted by molar-refractivity contribution is 5.96. The van der Waals surface area contributed by atoms with Crippen LogP contribution in [0.25, 0.3) is 17.1 Å². The van der Waals surface area contributed by atoms with Gasteiger partial charge in [0, 0.05) is 25.1 Å². The van der Waals surface area contributed by atoms with Gasteiger partial charge in [-0.1, -0.05) is 0 Å². The number of halogens is 1. The quantitative estimate of drug-likeness (QED) is 0.459. The lowest BCUT2D eigenvalue weighted by Crippen LogP contribution is -2.06. The van der Waals surface area contributed by atoms with E-state index in [1.54, 1.807) is 21.5 Å². The fraction of sp³-hybridized carbons (Fsp3) is 0.261. The van der Waals surface area contributed by atoms with Gasteiger partial charge in [-0.05, 0) is 57.5 Å². The fourth-order valence-electron chi connectivity index (χ4n) is 4.01. The second kappa shape index (κ2) is 7.86. The van der Waals surface area contributed by atoms with Crippen LogP contribution in [0.3, 0.4) is 0 Å². The molecular weight excluding hydrogens is 395 g/mol. The smallest absolute Gasteiger partial charge is 0.163 e. The second-order valence-corrected chi connectivity index (χ2v) is 7.61. The monoisotopic (exact) mass is 418 g/mol. The van der Waals surface area contributed by atoms with Crippen molar-refractivity contribution >= 4 is 5.78 Å². The van der Waals surface area contributed by atoms with Crippen molar-refractivity contribution in [3.8, 4) is 17.1 Å². The average Bonchev–Trinajstić information content (AvgIpc) is 3.17. The van der Waals surface area contributed by atoms with Gasteiger partial charge in [-0.3, -0.25) is 9.48 Å². The molecule has 0 fully saturated rings. The molecule has 0 saturated heterocycles. The maximum Gasteiger partial charge on any atom is 0.163 e. The molecule has 0 aliphatic heterocycles. The van der Waals surface area contributed by atoms with Crippen LogP contribution in [-0.4, -0.2) is 35.3 Å². The zero-order valence-electron chi connectivity index (χ0n) is 18.1. The van der Waals surface area contributed by atoms with Crippen molar-refractivity contribution < 1.29 is 9.18 Å². The molecule has 0 radical (unpaired) electrons. The lowest BCUT2D eigenvalue weighted by atomic mass is 10.0. The Morgan fingerprint density at radius 2 is 1.77 bits per heavy atom. The summed E-state index contributed by atoms with van der Waals surface area (Å²) in [7, 11) is 1.87. The molecule has 0 amide bonds. The number of aryl methyl sites for hydroxylation is 2. The van der Waals surface area contributed by atoms with Crippen molar-refractivity contribution in [3.05, 3.63) is 76.4 Å². The van der Waals surface area contributed by atoms with Gasteiger partial charge >= 0.3 is 0 Å². The van der Waals surface area contributed by atoms with E-state index >= 15 is 0 Å². The molecular formula is C23H23FN6O. The number of rotatable bonds is 5. The first-order chi connectivity index (χ1) is 14.8. The average molecular weight is 418 g/mol. The SMILES string of the molecule is CC(=O)c1c(C)nn(-c2cc(Cc3nn(C)c(-c4ccc(F)cc4)c3C)ncn2)c1C. The predicted molar refractivity (Wildman–Crippen MR) is 115 cm³/mol. The third-order valence-corrected chi connectivity index (χ3v) is 5.42. The molecule has 4 rings (SSSR count). The molecule has 0 aliphatic carbocycles. The number of Topliss-reactive ketones (excluding diaryl/α,β-unsaturated/α-hetero) is 1. The van der Waals surface area contributed by atoms with Crippen LogP contribution in [0.2, 0.25) is 0 Å². The van der Waals surface area contributed by atoms with E-state index in [1.165, 1.54) is 25.4 Å². The van der Waals surface area contributed by atoms with Gasteiger partial charge in [0.2, 0.25) is 0 Å². The number of carbonyl (C=O) groups is 1. The van der Waals surface area contributed by atoms with Crippen LogP contribution >= 0.6 is 0 Å². The highest BCUT2D eigenvalue weighted by Crippen LogP contribution is 2.27. The van der Waals surface area contributed by atoms with Crippen LogP contribution in [0.15, 0.2) is 36.7 Å². The van der Waals surface area contributed by atoms with Crippen LogP contribution in [0.1, 0.15) is 45.6 Å². The van der Waals surface area contributed by atoms with Crippen LogP contribution in [0.5, 0.6) is 0 Å². The van der Waals surface area contributed by atoms with Gasteiger partial charge in [-0.2, -0.15) is 10.2 Å². The standard InChI is InChI=1S/C23H23FN6O/c1-13-20(28-29(5)23(13)17-6-8-18(24)9-7-17)10-19-11-21(26-12-25-19)30-15(3)22(16(4)31)14(2)27-30/h6-9,11-12H,10H2,1-5H3. The molecule has 31 heavy (non-hydrogen) atoms. The predicted octanol–water partition coefficient (Wildman–Crippen LogP) is 3.92. The molecule has 0 saturated carbocycles. The summed E-state index contributed by atoms with van der Waals surface area (Å²) >= 11 is 0. The lowest BCUT2D eigenvalue weighted by Gasteiger charge is -2.06. The minimum absolute atomic E-state index is 0.0204. The van der Waals surface area contributed by atoms with Gasteiger partial charge in [0.25, 0.3) is 0 Å². The Bertz CT molecular complexity index is 1290. The van der Waals surface area contributed by atoms with E-state index in [0.29, 0.717) is 23.5 Å². The van der Waals surface area contributed by atoms with E-state index in [4.69, 9.17) is 0 Å². The molecule has 3 heterocycles. The van der Waals surface area contributed by atoms with E-state index < -0.39 is 0 Å². The Balaban J connectivity index is 1.68. The van der Waals surface area contributed by atoms with Crippen LogP contribution < -0.4 is 0 Å². The Morgan fingerprint density at radius 3 is 2.42 bits per heavy atom. The minimum atomic E-state index is -0.269. The Kier molecular flexibility index (Phi) is 5.22. The maximum atomic E-state index is 13.3. The number of aromatic nitrogens is 6. The van der Waals surface area contributed by atoms with E-state index in [1.807, 2.05) is 33.9 Å². The molecule has 7 nitrogen and oxygen atoms in total. The summed E-state index contributed by atoms with van der Waals surface area (Å²) < 4.78 is 16.8. The summed E-state index contributed by atoms with van der Waals surface area (Å²) in [5.74, 6) is 0.313. The van der Waals surface area contributed by atoms with Crippen molar-refractivity contribution in [2.24, 2.45) is 7.05 Å². The van der Waals surface area contributed by atoms with Gasteiger partial charge in [-0.15, -0.1) is 0 Å². The zero-order chi connectivity index (χ0) is 22.3. The first-order valence-electron chi connectivity index (χ1n) is 9.93. The van der Waals surface area contributed by atoms with Gasteiger partial charge in [0.15, 0.2) is 11.6 Å². The molecule has 158 valence electrons. The van der Waals surface area contributed by atoms with Crippen molar-refractivity contribution in [1.82, 2.24) is 29.5 Å². The third-order valence-electron chi connectivity index (χ3n) is 5.42. The highest BCUT2D eigenvalue weighted by Gasteiger charge is 2.18. The van der Waals surface area contributed by atoms with E-state index in [9.17, 15) is 9.18 Å².